The van der Waals surface area contributed by atoms with Crippen molar-refractivity contribution < 1.29 is 26.3 Å². The van der Waals surface area contributed by atoms with Gasteiger partial charge in [-0.3, -0.25) is 4.90 Å². The summed E-state index contributed by atoms with van der Waals surface area (Å²) in [7, 11) is 2.06. The normalized spacial score (nSPS) is 20.6. The first-order valence-corrected chi connectivity index (χ1v) is 13.3. The van der Waals surface area contributed by atoms with Gasteiger partial charge in [0.1, 0.15) is 0 Å². The molecule has 2 aromatic carbocycles. The van der Waals surface area contributed by atoms with Crippen LogP contribution in [-0.4, -0.2) is 68.7 Å². The molecule has 0 aromatic heterocycles. The summed E-state index contributed by atoms with van der Waals surface area (Å²) >= 11 is 0. The maximum Gasteiger partial charge on any atom is 0.416 e. The largest absolute Gasteiger partial charge is 0.416 e. The molecule has 4 rings (SSSR count). The molecule has 0 N–H and O–H groups in total. The predicted octanol–water partition coefficient (Wildman–Crippen LogP) is 6.36. The average molecular weight is 543 g/mol. The first-order chi connectivity index (χ1) is 18.0. The van der Waals surface area contributed by atoms with Gasteiger partial charge in [0.25, 0.3) is 0 Å². The molecule has 0 spiro atoms. The Bertz CT molecular complexity index is 1050. The van der Waals surface area contributed by atoms with Crippen molar-refractivity contribution in [2.24, 2.45) is 0 Å². The summed E-state index contributed by atoms with van der Waals surface area (Å²) in [4.78, 5) is 8.54. The molecular weight excluding hydrogens is 506 g/mol. The summed E-state index contributed by atoms with van der Waals surface area (Å²) in [5.74, 6) is 0. The molecule has 2 heterocycles. The van der Waals surface area contributed by atoms with Gasteiger partial charge in [0.2, 0.25) is 0 Å². The van der Waals surface area contributed by atoms with E-state index in [0.717, 1.165) is 63.3 Å². The van der Waals surface area contributed by atoms with Gasteiger partial charge in [0, 0.05) is 63.2 Å². The fraction of sp³-hybridized carbons (Fsp3) is 0.571. The lowest BCUT2D eigenvalue weighted by atomic mass is 10.0. The molecule has 0 aliphatic carbocycles. The lowest BCUT2D eigenvalue weighted by Gasteiger charge is -2.43. The highest BCUT2D eigenvalue weighted by atomic mass is 19.4. The summed E-state index contributed by atoms with van der Waals surface area (Å²) in [5, 5.41) is 0. The molecule has 2 aliphatic heterocycles. The molecule has 210 valence electrons. The molecule has 1 atom stereocenters. The average Bonchev–Trinajstić information content (AvgIpc) is 3.08. The monoisotopic (exact) mass is 542 g/mol. The third-order valence-corrected chi connectivity index (χ3v) is 7.64. The first kappa shape index (κ1) is 28.5. The van der Waals surface area contributed by atoms with Crippen LogP contribution >= 0.6 is 0 Å². The maximum absolute atomic E-state index is 14.0. The van der Waals surface area contributed by atoms with E-state index in [2.05, 4.69) is 21.7 Å². The minimum atomic E-state index is -4.45. The lowest BCUT2D eigenvalue weighted by Crippen LogP contribution is -2.52. The van der Waals surface area contributed by atoms with E-state index in [0.29, 0.717) is 25.3 Å². The molecule has 0 radical (unpaired) electrons. The molecule has 2 fully saturated rings. The Morgan fingerprint density at radius 1 is 0.763 bits per heavy atom. The quantitative estimate of drug-likeness (QED) is 0.394. The Labute approximate surface area is 220 Å². The van der Waals surface area contributed by atoms with Gasteiger partial charge in [-0.1, -0.05) is 13.3 Å². The summed E-state index contributed by atoms with van der Waals surface area (Å²) in [6, 6.07) is 9.62. The van der Waals surface area contributed by atoms with Crippen molar-refractivity contribution in [3.8, 4) is 0 Å². The molecule has 0 amide bonds. The maximum atomic E-state index is 14.0. The fourth-order valence-corrected chi connectivity index (χ4v) is 5.51. The molecule has 2 aromatic rings. The number of anilines is 2. The minimum Gasteiger partial charge on any atom is -0.370 e. The summed E-state index contributed by atoms with van der Waals surface area (Å²) in [6.45, 7) is 7.23. The van der Waals surface area contributed by atoms with E-state index < -0.39 is 23.5 Å². The summed E-state index contributed by atoms with van der Waals surface area (Å²) < 4.78 is 81.0. The number of hydrogen-bond donors (Lipinski definition) is 0. The van der Waals surface area contributed by atoms with E-state index in [1.54, 1.807) is 12.1 Å². The Morgan fingerprint density at radius 3 is 2.11 bits per heavy atom. The Balaban J connectivity index is 1.54. The van der Waals surface area contributed by atoms with Crippen molar-refractivity contribution in [1.29, 1.82) is 0 Å². The van der Waals surface area contributed by atoms with Gasteiger partial charge < -0.3 is 14.7 Å². The fourth-order valence-electron chi connectivity index (χ4n) is 5.51. The number of piperazine rings is 1. The Hall–Kier alpha value is -2.46. The van der Waals surface area contributed by atoms with Crippen LogP contribution in [0.4, 0.5) is 37.7 Å². The highest BCUT2D eigenvalue weighted by molar-refractivity contribution is 5.52. The standard InChI is InChI=1S/C28H36F6N4/c1-3-5-25-20-38(23-8-6-22(7-9-23)27(29,30)31)17-16-37(25)19-21-18-24(10-11-26(21)28(32,33)34)36-13-4-12-35(2)14-15-36/h6-11,18,25H,3-5,12-17,19-20H2,1-2H3. The number of nitrogens with zero attached hydrogens (tertiary/aromatic N) is 4. The molecule has 1 unspecified atom stereocenters. The van der Waals surface area contributed by atoms with E-state index in [1.165, 1.54) is 18.2 Å². The van der Waals surface area contributed by atoms with Crippen LogP contribution in [0.3, 0.4) is 0 Å². The van der Waals surface area contributed by atoms with Crippen LogP contribution in [0.2, 0.25) is 0 Å². The third-order valence-electron chi connectivity index (χ3n) is 7.64. The van der Waals surface area contributed by atoms with Crippen LogP contribution in [0.1, 0.15) is 42.9 Å². The number of benzene rings is 2. The number of rotatable bonds is 6. The van der Waals surface area contributed by atoms with Gasteiger partial charge in [0.15, 0.2) is 0 Å². The lowest BCUT2D eigenvalue weighted by molar-refractivity contribution is -0.139. The predicted molar refractivity (Wildman–Crippen MR) is 139 cm³/mol. The van der Waals surface area contributed by atoms with Gasteiger partial charge in [-0.2, -0.15) is 26.3 Å². The zero-order chi connectivity index (χ0) is 27.5. The van der Waals surface area contributed by atoms with Crippen molar-refractivity contribution in [2.45, 2.75) is 51.1 Å². The van der Waals surface area contributed by atoms with Gasteiger partial charge >= 0.3 is 12.4 Å². The van der Waals surface area contributed by atoms with Gasteiger partial charge in [-0.05, 0) is 74.5 Å². The van der Waals surface area contributed by atoms with Crippen LogP contribution in [0.5, 0.6) is 0 Å². The number of alkyl halides is 6. The Morgan fingerprint density at radius 2 is 1.45 bits per heavy atom. The first-order valence-electron chi connectivity index (χ1n) is 13.3. The van der Waals surface area contributed by atoms with Gasteiger partial charge in [0.05, 0.1) is 11.1 Å². The van der Waals surface area contributed by atoms with E-state index >= 15 is 0 Å². The molecule has 4 nitrogen and oxygen atoms in total. The van der Waals surface area contributed by atoms with E-state index in [4.69, 9.17) is 0 Å². The molecule has 0 saturated carbocycles. The van der Waals surface area contributed by atoms with Crippen LogP contribution in [0, 0.1) is 0 Å². The third kappa shape index (κ3) is 6.94. The molecule has 38 heavy (non-hydrogen) atoms. The van der Waals surface area contributed by atoms with Crippen molar-refractivity contribution in [3.63, 3.8) is 0 Å². The molecular formula is C28H36F6N4. The van der Waals surface area contributed by atoms with Crippen LogP contribution < -0.4 is 9.80 Å². The minimum absolute atomic E-state index is 0.00683. The van der Waals surface area contributed by atoms with Gasteiger partial charge in [-0.15, -0.1) is 0 Å². The van der Waals surface area contributed by atoms with Crippen LogP contribution in [0.15, 0.2) is 42.5 Å². The number of halogens is 6. The second-order valence-electron chi connectivity index (χ2n) is 10.4. The zero-order valence-corrected chi connectivity index (χ0v) is 22.0. The van der Waals surface area contributed by atoms with Crippen molar-refractivity contribution in [3.05, 3.63) is 59.2 Å². The molecule has 2 aliphatic rings. The van der Waals surface area contributed by atoms with E-state index in [1.807, 2.05) is 11.8 Å². The Kier molecular flexibility index (Phi) is 8.82. The second kappa shape index (κ2) is 11.7. The molecule has 2 saturated heterocycles. The molecule has 10 heteroatoms. The SMILES string of the molecule is CCCC1CN(c2ccc(C(F)(F)F)cc2)CCN1Cc1cc(N2CCCN(C)CC2)ccc1C(F)(F)F. The van der Waals surface area contributed by atoms with E-state index in [9.17, 15) is 26.3 Å². The van der Waals surface area contributed by atoms with Crippen LogP contribution in [0.25, 0.3) is 0 Å². The smallest absolute Gasteiger partial charge is 0.370 e. The van der Waals surface area contributed by atoms with Gasteiger partial charge in [-0.25, -0.2) is 0 Å². The van der Waals surface area contributed by atoms with Crippen LogP contribution in [-0.2, 0) is 18.9 Å². The van der Waals surface area contributed by atoms with E-state index in [-0.39, 0.29) is 18.2 Å². The zero-order valence-electron chi connectivity index (χ0n) is 22.0. The number of likely N-dealkylation sites (N-methyl/N-ethyl adjacent to an activating group) is 1. The van der Waals surface area contributed by atoms with Crippen molar-refractivity contribution >= 4 is 11.4 Å². The highest BCUT2D eigenvalue weighted by Gasteiger charge is 2.36. The van der Waals surface area contributed by atoms with Crippen molar-refractivity contribution in [2.75, 3.05) is 62.7 Å². The highest BCUT2D eigenvalue weighted by Crippen LogP contribution is 2.36. The van der Waals surface area contributed by atoms with Crippen molar-refractivity contribution in [1.82, 2.24) is 9.80 Å². The summed E-state index contributed by atoms with van der Waals surface area (Å²) in [5.41, 5.74) is 0.493. The second-order valence-corrected chi connectivity index (χ2v) is 10.4. The molecule has 0 bridgehead atoms. The topological polar surface area (TPSA) is 13.0 Å². The number of hydrogen-bond acceptors (Lipinski definition) is 4. The summed E-state index contributed by atoms with van der Waals surface area (Å²) in [6.07, 6.45) is -6.24.